The number of benzene rings is 1. The van der Waals surface area contributed by atoms with E-state index in [1.54, 1.807) is 11.1 Å². The van der Waals surface area contributed by atoms with E-state index in [1.165, 1.54) is 58.2 Å². The van der Waals surface area contributed by atoms with E-state index in [4.69, 9.17) is 0 Å². The van der Waals surface area contributed by atoms with Crippen LogP contribution in [0.15, 0.2) is 24.3 Å². The van der Waals surface area contributed by atoms with Gasteiger partial charge in [0, 0.05) is 25.7 Å². The zero-order valence-electron chi connectivity index (χ0n) is 12.8. The summed E-state index contributed by atoms with van der Waals surface area (Å²) in [5.74, 6) is 0.856. The summed E-state index contributed by atoms with van der Waals surface area (Å²) in [4.78, 5) is 2.71. The lowest BCUT2D eigenvalue weighted by Gasteiger charge is -2.35. The van der Waals surface area contributed by atoms with Crippen LogP contribution >= 0.6 is 0 Å². The molecule has 1 aromatic carbocycles. The Balaban J connectivity index is 1.59. The van der Waals surface area contributed by atoms with Gasteiger partial charge in [0.15, 0.2) is 0 Å². The quantitative estimate of drug-likeness (QED) is 0.910. The number of rotatable bonds is 3. The highest BCUT2D eigenvalue weighted by atomic mass is 15.1. The fourth-order valence-electron chi connectivity index (χ4n) is 4.03. The van der Waals surface area contributed by atoms with Crippen molar-refractivity contribution in [2.24, 2.45) is 5.92 Å². The third kappa shape index (κ3) is 3.24. The molecule has 2 heteroatoms. The molecule has 2 aliphatic rings. The zero-order chi connectivity index (χ0) is 13.8. The first-order valence-electron chi connectivity index (χ1n) is 8.33. The molecule has 0 amide bonds. The summed E-state index contributed by atoms with van der Waals surface area (Å²) in [6, 6.07) is 9.75. The van der Waals surface area contributed by atoms with Gasteiger partial charge in [-0.05, 0) is 49.8 Å². The second-order valence-corrected chi connectivity index (χ2v) is 6.51. The van der Waals surface area contributed by atoms with Crippen LogP contribution in [0, 0.1) is 5.92 Å². The Labute approximate surface area is 123 Å². The minimum atomic E-state index is 0.745. The summed E-state index contributed by atoms with van der Waals surface area (Å²) in [6.07, 6.45) is 8.08. The first-order chi connectivity index (χ1) is 9.86. The Hall–Kier alpha value is -0.860. The Morgan fingerprint density at radius 1 is 1.05 bits per heavy atom. The van der Waals surface area contributed by atoms with Crippen molar-refractivity contribution in [1.82, 2.24) is 10.2 Å². The van der Waals surface area contributed by atoms with Gasteiger partial charge in [-0.1, -0.05) is 37.1 Å². The van der Waals surface area contributed by atoms with E-state index in [2.05, 4.69) is 41.5 Å². The lowest BCUT2D eigenvalue weighted by atomic mass is 9.84. The highest BCUT2D eigenvalue weighted by Gasteiger charge is 2.26. The number of fused-ring (bicyclic) bond motifs is 1. The van der Waals surface area contributed by atoms with Crippen molar-refractivity contribution < 1.29 is 0 Å². The maximum atomic E-state index is 3.55. The Morgan fingerprint density at radius 3 is 2.35 bits per heavy atom. The lowest BCUT2D eigenvalue weighted by molar-refractivity contribution is 0.176. The zero-order valence-corrected chi connectivity index (χ0v) is 12.8. The molecule has 20 heavy (non-hydrogen) atoms. The van der Waals surface area contributed by atoms with Gasteiger partial charge < -0.3 is 10.2 Å². The highest BCUT2D eigenvalue weighted by molar-refractivity contribution is 5.28. The van der Waals surface area contributed by atoms with E-state index in [-0.39, 0.29) is 0 Å². The van der Waals surface area contributed by atoms with Crippen molar-refractivity contribution in [3.63, 3.8) is 0 Å². The fraction of sp³-hybridized carbons (Fsp3) is 0.667. The molecule has 1 N–H and O–H groups in total. The Bertz CT molecular complexity index is 402. The van der Waals surface area contributed by atoms with Gasteiger partial charge in [-0.25, -0.2) is 0 Å². The average Bonchev–Trinajstić information content (AvgIpc) is 2.71. The van der Waals surface area contributed by atoms with Crippen molar-refractivity contribution in [3.8, 4) is 0 Å². The largest absolute Gasteiger partial charge is 0.317 e. The molecule has 1 saturated carbocycles. The first-order valence-corrected chi connectivity index (χ1v) is 8.33. The van der Waals surface area contributed by atoms with Crippen molar-refractivity contribution in [2.45, 2.75) is 44.6 Å². The maximum absolute atomic E-state index is 3.55. The molecule has 3 rings (SSSR count). The van der Waals surface area contributed by atoms with Crippen LogP contribution in [0.3, 0.4) is 0 Å². The van der Waals surface area contributed by atoms with Gasteiger partial charge in [-0.15, -0.1) is 0 Å². The molecular formula is C18H28N2. The molecule has 0 saturated heterocycles. The fourth-order valence-corrected chi connectivity index (χ4v) is 4.03. The Kier molecular flexibility index (Phi) is 4.74. The molecule has 110 valence electrons. The molecule has 2 unspecified atom stereocenters. The average molecular weight is 272 g/mol. The smallest absolute Gasteiger partial charge is 0.0104 e. The molecule has 0 aromatic heterocycles. The number of hydrogen-bond acceptors (Lipinski definition) is 2. The standard InChI is InChI=1S/C18H28N2/c1-19-18-9-5-4-8-17(18)14-20-12-10-15-6-2-3-7-16(15)11-13-20/h2-3,6-7,17-19H,4-5,8-14H2,1H3. The third-order valence-electron chi connectivity index (χ3n) is 5.29. The predicted molar refractivity (Wildman–Crippen MR) is 85.1 cm³/mol. The topological polar surface area (TPSA) is 15.3 Å². The van der Waals surface area contributed by atoms with E-state index < -0.39 is 0 Å². The van der Waals surface area contributed by atoms with Crippen LogP contribution in [0.1, 0.15) is 36.8 Å². The summed E-state index contributed by atoms with van der Waals surface area (Å²) >= 11 is 0. The van der Waals surface area contributed by atoms with Gasteiger partial charge in [0.2, 0.25) is 0 Å². The minimum Gasteiger partial charge on any atom is -0.317 e. The molecule has 0 spiro atoms. The van der Waals surface area contributed by atoms with Gasteiger partial charge in [-0.3, -0.25) is 0 Å². The van der Waals surface area contributed by atoms with Gasteiger partial charge >= 0.3 is 0 Å². The molecule has 2 atom stereocenters. The van der Waals surface area contributed by atoms with Crippen LogP contribution in [0.5, 0.6) is 0 Å². The predicted octanol–water partition coefficient (Wildman–Crippen LogP) is 2.87. The van der Waals surface area contributed by atoms with E-state index in [0.29, 0.717) is 0 Å². The molecule has 1 heterocycles. The first kappa shape index (κ1) is 14.1. The Morgan fingerprint density at radius 2 is 1.70 bits per heavy atom. The lowest BCUT2D eigenvalue weighted by Crippen LogP contribution is -2.43. The van der Waals surface area contributed by atoms with Gasteiger partial charge in [-0.2, -0.15) is 0 Å². The van der Waals surface area contributed by atoms with Gasteiger partial charge in [0.1, 0.15) is 0 Å². The van der Waals surface area contributed by atoms with Gasteiger partial charge in [0.05, 0.1) is 0 Å². The molecular weight excluding hydrogens is 244 g/mol. The number of nitrogens with one attached hydrogen (secondary N) is 1. The minimum absolute atomic E-state index is 0.745. The normalized spacial score (nSPS) is 27.9. The number of nitrogens with zero attached hydrogens (tertiary/aromatic N) is 1. The van der Waals surface area contributed by atoms with Crippen LogP contribution < -0.4 is 5.32 Å². The van der Waals surface area contributed by atoms with Crippen LogP contribution in [0.25, 0.3) is 0 Å². The monoisotopic (exact) mass is 272 g/mol. The molecule has 1 fully saturated rings. The van der Waals surface area contributed by atoms with Crippen LogP contribution in [0.4, 0.5) is 0 Å². The summed E-state index contributed by atoms with van der Waals surface area (Å²) in [6.45, 7) is 3.77. The molecule has 2 nitrogen and oxygen atoms in total. The second kappa shape index (κ2) is 6.73. The van der Waals surface area contributed by atoms with Gasteiger partial charge in [0.25, 0.3) is 0 Å². The molecule has 0 radical (unpaired) electrons. The second-order valence-electron chi connectivity index (χ2n) is 6.51. The van der Waals surface area contributed by atoms with Crippen LogP contribution in [-0.4, -0.2) is 37.6 Å². The van der Waals surface area contributed by atoms with Crippen molar-refractivity contribution in [1.29, 1.82) is 0 Å². The van der Waals surface area contributed by atoms with Crippen molar-refractivity contribution in [3.05, 3.63) is 35.4 Å². The van der Waals surface area contributed by atoms with E-state index in [9.17, 15) is 0 Å². The summed E-state index contributed by atoms with van der Waals surface area (Å²) in [7, 11) is 2.14. The number of hydrogen-bond donors (Lipinski definition) is 1. The SMILES string of the molecule is CNC1CCCCC1CN1CCc2ccccc2CC1. The highest BCUT2D eigenvalue weighted by Crippen LogP contribution is 2.26. The van der Waals surface area contributed by atoms with Crippen LogP contribution in [-0.2, 0) is 12.8 Å². The molecule has 1 aliphatic heterocycles. The van der Waals surface area contributed by atoms with E-state index >= 15 is 0 Å². The van der Waals surface area contributed by atoms with Crippen molar-refractivity contribution in [2.75, 3.05) is 26.7 Å². The summed E-state index contributed by atoms with van der Waals surface area (Å²) < 4.78 is 0. The molecule has 1 aliphatic carbocycles. The van der Waals surface area contributed by atoms with Crippen LogP contribution in [0.2, 0.25) is 0 Å². The van der Waals surface area contributed by atoms with E-state index in [0.717, 1.165) is 12.0 Å². The summed E-state index contributed by atoms with van der Waals surface area (Å²) in [5.41, 5.74) is 3.15. The molecule has 0 bridgehead atoms. The third-order valence-corrected chi connectivity index (χ3v) is 5.29. The maximum Gasteiger partial charge on any atom is 0.0104 e. The van der Waals surface area contributed by atoms with Crippen molar-refractivity contribution >= 4 is 0 Å². The molecule has 1 aromatic rings. The van der Waals surface area contributed by atoms with E-state index in [1.807, 2.05) is 0 Å². The summed E-state index contributed by atoms with van der Waals surface area (Å²) in [5, 5.41) is 3.55.